The molecule has 110 valence electrons. The number of hydrogen-bond acceptors (Lipinski definition) is 4. The van der Waals surface area contributed by atoms with Crippen molar-refractivity contribution in [2.24, 2.45) is 0 Å². The summed E-state index contributed by atoms with van der Waals surface area (Å²) in [7, 11) is -2.54. The molecule has 0 aliphatic heterocycles. The smallest absolute Gasteiger partial charge is 0.322 e. The molecule has 1 amide bonds. The second kappa shape index (κ2) is 6.82. The number of sulfonamides is 1. The lowest BCUT2D eigenvalue weighted by Gasteiger charge is -2.16. The highest BCUT2D eigenvalue weighted by Gasteiger charge is 2.22. The van der Waals surface area contributed by atoms with Crippen molar-refractivity contribution in [1.29, 1.82) is 0 Å². The minimum Gasteiger partial charge on any atom is -0.480 e. The Morgan fingerprint density at radius 2 is 1.85 bits per heavy atom. The lowest BCUT2D eigenvalue weighted by Crippen LogP contribution is -2.40. The van der Waals surface area contributed by atoms with Gasteiger partial charge in [0.15, 0.2) is 0 Å². The van der Waals surface area contributed by atoms with Crippen molar-refractivity contribution in [2.75, 3.05) is 20.1 Å². The highest BCUT2D eigenvalue weighted by atomic mass is 79.9. The van der Waals surface area contributed by atoms with Gasteiger partial charge in [-0.05, 0) is 24.3 Å². The van der Waals surface area contributed by atoms with Crippen molar-refractivity contribution < 1.29 is 23.1 Å². The number of carbonyl (C=O) groups excluding carboxylic acids is 1. The Kier molecular flexibility index (Phi) is 5.66. The van der Waals surface area contributed by atoms with Crippen molar-refractivity contribution >= 4 is 37.8 Å². The second-order valence-corrected chi connectivity index (χ2v) is 6.85. The average Bonchev–Trinajstić information content (AvgIpc) is 2.36. The number of nitrogens with one attached hydrogen (secondary N) is 1. The average molecular weight is 365 g/mol. The maximum absolute atomic E-state index is 12.1. The van der Waals surface area contributed by atoms with Crippen molar-refractivity contribution in [2.45, 2.75) is 4.90 Å². The molecule has 0 radical (unpaired) electrons. The zero-order valence-corrected chi connectivity index (χ0v) is 12.9. The highest BCUT2D eigenvalue weighted by Crippen LogP contribution is 2.17. The van der Waals surface area contributed by atoms with Crippen LogP contribution in [0.4, 0.5) is 0 Å². The van der Waals surface area contributed by atoms with Gasteiger partial charge in [0.1, 0.15) is 6.54 Å². The van der Waals surface area contributed by atoms with Gasteiger partial charge >= 0.3 is 5.97 Å². The van der Waals surface area contributed by atoms with E-state index in [1.54, 1.807) is 12.1 Å². The van der Waals surface area contributed by atoms with E-state index in [0.29, 0.717) is 0 Å². The van der Waals surface area contributed by atoms with Gasteiger partial charge in [0.05, 0.1) is 11.4 Å². The molecule has 0 saturated carbocycles. The minimum absolute atomic E-state index is 0.0502. The number of hydrogen-bond donors (Lipinski definition) is 2. The van der Waals surface area contributed by atoms with Crippen LogP contribution in [0.25, 0.3) is 0 Å². The van der Waals surface area contributed by atoms with Gasteiger partial charge in [-0.3, -0.25) is 9.59 Å². The zero-order valence-electron chi connectivity index (χ0n) is 10.5. The molecule has 7 nitrogen and oxygen atoms in total. The molecule has 0 bridgehead atoms. The monoisotopic (exact) mass is 364 g/mol. The van der Waals surface area contributed by atoms with Gasteiger partial charge in [0, 0.05) is 11.5 Å². The number of amides is 1. The predicted molar refractivity (Wildman–Crippen MR) is 74.6 cm³/mol. The van der Waals surface area contributed by atoms with Gasteiger partial charge in [-0.25, -0.2) is 8.42 Å². The summed E-state index contributed by atoms with van der Waals surface area (Å²) in [4.78, 5) is 21.7. The first-order chi connectivity index (χ1) is 9.23. The fourth-order valence-electron chi connectivity index (χ4n) is 1.30. The van der Waals surface area contributed by atoms with Gasteiger partial charge in [0.25, 0.3) is 0 Å². The standard InChI is InChI=1S/C11H13BrN2O5S/c1-14(7-10(15)13-6-11(16)17)20(18,19)9-4-2-8(12)3-5-9/h2-5H,6-7H2,1H3,(H,13,15)(H,16,17). The predicted octanol–water partition coefficient (Wildman–Crippen LogP) is 0.270. The Hall–Kier alpha value is -1.45. The summed E-state index contributed by atoms with van der Waals surface area (Å²) in [6.45, 7) is -1.00. The number of halogens is 1. The molecule has 0 saturated heterocycles. The van der Waals surface area contributed by atoms with Gasteiger partial charge in [-0.2, -0.15) is 4.31 Å². The normalized spacial score (nSPS) is 11.3. The largest absolute Gasteiger partial charge is 0.480 e. The van der Waals surface area contributed by atoms with Crippen LogP contribution in [0.5, 0.6) is 0 Å². The maximum atomic E-state index is 12.1. The van der Waals surface area contributed by atoms with Crippen LogP contribution < -0.4 is 5.32 Å². The van der Waals surface area contributed by atoms with Crippen LogP contribution in [0.2, 0.25) is 0 Å². The molecule has 20 heavy (non-hydrogen) atoms. The van der Waals surface area contributed by atoms with Crippen LogP contribution in [0.1, 0.15) is 0 Å². The SMILES string of the molecule is CN(CC(=O)NCC(=O)O)S(=O)(=O)c1ccc(Br)cc1. The van der Waals surface area contributed by atoms with Crippen molar-refractivity contribution in [3.8, 4) is 0 Å². The van der Waals surface area contributed by atoms with Crippen LogP contribution in [0, 0.1) is 0 Å². The van der Waals surface area contributed by atoms with Gasteiger partial charge in [0.2, 0.25) is 15.9 Å². The summed E-state index contributed by atoms with van der Waals surface area (Å²) < 4.78 is 25.9. The van der Waals surface area contributed by atoms with E-state index in [0.717, 1.165) is 8.78 Å². The molecule has 9 heteroatoms. The third-order valence-electron chi connectivity index (χ3n) is 2.32. The first-order valence-electron chi connectivity index (χ1n) is 5.44. The first-order valence-corrected chi connectivity index (χ1v) is 7.67. The van der Waals surface area contributed by atoms with Crippen molar-refractivity contribution in [3.63, 3.8) is 0 Å². The summed E-state index contributed by atoms with van der Waals surface area (Å²) in [6, 6.07) is 5.96. The van der Waals surface area contributed by atoms with Gasteiger partial charge in [-0.1, -0.05) is 15.9 Å². The molecule has 1 rings (SSSR count). The Balaban J connectivity index is 2.75. The summed E-state index contributed by atoms with van der Waals surface area (Å²) in [6.07, 6.45) is 0. The number of carboxylic acid groups (broad SMARTS) is 1. The number of carbonyl (C=O) groups is 2. The van der Waals surface area contributed by atoms with Gasteiger partial charge < -0.3 is 10.4 Å². The third-order valence-corrected chi connectivity index (χ3v) is 4.67. The van der Waals surface area contributed by atoms with Gasteiger partial charge in [-0.15, -0.1) is 0 Å². The summed E-state index contributed by atoms with van der Waals surface area (Å²) >= 11 is 3.20. The lowest BCUT2D eigenvalue weighted by atomic mass is 10.4. The molecule has 2 N–H and O–H groups in total. The van der Waals surface area contributed by atoms with Crippen LogP contribution in [0.3, 0.4) is 0 Å². The third kappa shape index (κ3) is 4.58. The zero-order chi connectivity index (χ0) is 15.3. The number of rotatable bonds is 6. The molecule has 0 atom stereocenters. The molecular weight excluding hydrogens is 352 g/mol. The quantitative estimate of drug-likeness (QED) is 0.753. The number of benzene rings is 1. The highest BCUT2D eigenvalue weighted by molar-refractivity contribution is 9.10. The minimum atomic E-state index is -3.79. The second-order valence-electron chi connectivity index (χ2n) is 3.89. The summed E-state index contributed by atoms with van der Waals surface area (Å²) in [5, 5.41) is 10.5. The molecule has 1 aromatic rings. The van der Waals surface area contributed by atoms with E-state index >= 15 is 0 Å². The molecule has 1 aromatic carbocycles. The summed E-state index contributed by atoms with van der Waals surface area (Å²) in [5.74, 6) is -1.88. The number of nitrogens with zero attached hydrogens (tertiary/aromatic N) is 1. The number of aliphatic carboxylic acids is 1. The fraction of sp³-hybridized carbons (Fsp3) is 0.273. The number of likely N-dealkylation sites (N-methyl/N-ethyl adjacent to an activating group) is 1. The molecule has 0 spiro atoms. The molecule has 0 heterocycles. The van der Waals surface area contributed by atoms with Crippen LogP contribution in [-0.4, -0.2) is 49.8 Å². The first kappa shape index (κ1) is 16.6. The molecule has 0 aliphatic rings. The topological polar surface area (TPSA) is 104 Å². The Morgan fingerprint density at radius 1 is 1.30 bits per heavy atom. The van der Waals surface area contributed by atoms with Crippen LogP contribution in [0.15, 0.2) is 33.6 Å². The van der Waals surface area contributed by atoms with Crippen LogP contribution in [-0.2, 0) is 19.6 Å². The van der Waals surface area contributed by atoms with Crippen molar-refractivity contribution in [3.05, 3.63) is 28.7 Å². The fourth-order valence-corrected chi connectivity index (χ4v) is 2.70. The van der Waals surface area contributed by atoms with E-state index in [-0.39, 0.29) is 4.90 Å². The van der Waals surface area contributed by atoms with E-state index < -0.39 is 35.0 Å². The van der Waals surface area contributed by atoms with E-state index in [2.05, 4.69) is 21.2 Å². The molecule has 0 unspecified atom stereocenters. The Labute approximate surface area is 124 Å². The molecular formula is C11H13BrN2O5S. The molecule has 0 aromatic heterocycles. The van der Waals surface area contributed by atoms with E-state index in [1.165, 1.54) is 19.2 Å². The summed E-state index contributed by atoms with van der Waals surface area (Å²) in [5.41, 5.74) is 0. The number of carboxylic acids is 1. The van der Waals surface area contributed by atoms with E-state index in [1.807, 2.05) is 0 Å². The molecule has 0 fully saturated rings. The Bertz CT molecular complexity index is 600. The Morgan fingerprint density at radius 3 is 2.35 bits per heavy atom. The van der Waals surface area contributed by atoms with Crippen molar-refractivity contribution in [1.82, 2.24) is 9.62 Å². The van der Waals surface area contributed by atoms with E-state index in [9.17, 15) is 18.0 Å². The van der Waals surface area contributed by atoms with E-state index in [4.69, 9.17) is 5.11 Å². The lowest BCUT2D eigenvalue weighted by molar-refractivity contribution is -0.137. The maximum Gasteiger partial charge on any atom is 0.322 e. The molecule has 0 aliphatic carbocycles. The van der Waals surface area contributed by atoms with Crippen LogP contribution >= 0.6 is 15.9 Å².